The molecule has 0 aliphatic carbocycles. The zero-order valence-corrected chi connectivity index (χ0v) is 16.8. The van der Waals surface area contributed by atoms with E-state index in [0.29, 0.717) is 0 Å². The molecule has 0 aromatic carbocycles. The third-order valence-corrected chi connectivity index (χ3v) is 4.80. The van der Waals surface area contributed by atoms with Gasteiger partial charge < -0.3 is 9.47 Å². The monoisotopic (exact) mass is 328 g/mol. The molecule has 0 N–H and O–H groups in total. The summed E-state index contributed by atoms with van der Waals surface area (Å²) in [5, 5.41) is 0. The minimum Gasteiger partial charge on any atom is -0.384 e. The molecule has 0 rings (SSSR count). The minimum absolute atomic E-state index is 0.194. The van der Waals surface area contributed by atoms with Crippen molar-refractivity contribution < 1.29 is 9.47 Å². The standard InChI is InChI=1S/C21H44O2/c1-20(2)16-14-12-10-8-6-7-9-11-13-15-17-21(3,18-22-4)19-23-5/h20H,6-19H2,1-5H3. The molecule has 0 aromatic heterocycles. The van der Waals surface area contributed by atoms with E-state index in [1.807, 2.05) is 0 Å². The van der Waals surface area contributed by atoms with Crippen LogP contribution in [0.1, 0.15) is 97.8 Å². The van der Waals surface area contributed by atoms with Gasteiger partial charge in [0.25, 0.3) is 0 Å². The Labute approximate surface area is 146 Å². The lowest BCUT2D eigenvalue weighted by atomic mass is 9.86. The minimum atomic E-state index is 0.194. The molecule has 0 heterocycles. The van der Waals surface area contributed by atoms with Gasteiger partial charge in [-0.1, -0.05) is 91.4 Å². The highest BCUT2D eigenvalue weighted by Crippen LogP contribution is 2.25. The van der Waals surface area contributed by atoms with Crippen LogP contribution in [0.2, 0.25) is 0 Å². The van der Waals surface area contributed by atoms with Gasteiger partial charge in [-0.05, 0) is 12.3 Å². The Hall–Kier alpha value is -0.0800. The van der Waals surface area contributed by atoms with Gasteiger partial charge in [0, 0.05) is 19.6 Å². The summed E-state index contributed by atoms with van der Waals surface area (Å²) in [5.74, 6) is 0.879. The second-order valence-corrected chi connectivity index (χ2v) is 8.14. The quantitative estimate of drug-likeness (QED) is 0.279. The van der Waals surface area contributed by atoms with Gasteiger partial charge >= 0.3 is 0 Å². The van der Waals surface area contributed by atoms with Gasteiger partial charge in [-0.25, -0.2) is 0 Å². The fraction of sp³-hybridized carbons (Fsp3) is 1.00. The van der Waals surface area contributed by atoms with E-state index in [1.165, 1.54) is 77.0 Å². The number of methoxy groups -OCH3 is 2. The summed E-state index contributed by atoms with van der Waals surface area (Å²) in [6.07, 6.45) is 16.7. The average Bonchev–Trinajstić information content (AvgIpc) is 2.48. The smallest absolute Gasteiger partial charge is 0.0538 e. The summed E-state index contributed by atoms with van der Waals surface area (Å²) >= 11 is 0. The molecule has 2 nitrogen and oxygen atoms in total. The van der Waals surface area contributed by atoms with Crippen LogP contribution in [0.25, 0.3) is 0 Å². The van der Waals surface area contributed by atoms with E-state index in [0.717, 1.165) is 19.1 Å². The number of unbranched alkanes of at least 4 members (excludes halogenated alkanes) is 9. The summed E-state index contributed by atoms with van der Waals surface area (Å²) in [6.45, 7) is 8.54. The highest BCUT2D eigenvalue weighted by molar-refractivity contribution is 4.73. The van der Waals surface area contributed by atoms with Crippen molar-refractivity contribution in [3.8, 4) is 0 Å². The normalized spacial score (nSPS) is 12.3. The molecule has 0 aromatic rings. The molecule has 0 unspecified atom stereocenters. The van der Waals surface area contributed by atoms with Crippen LogP contribution in [-0.2, 0) is 9.47 Å². The van der Waals surface area contributed by atoms with Crippen LogP contribution in [0.5, 0.6) is 0 Å². The molecular weight excluding hydrogens is 284 g/mol. The molecule has 0 bridgehead atoms. The third kappa shape index (κ3) is 15.2. The SMILES string of the molecule is COCC(C)(CCCCCCCCCCCCC(C)C)COC. The third-order valence-electron chi connectivity index (χ3n) is 4.80. The summed E-state index contributed by atoms with van der Waals surface area (Å²) in [5.41, 5.74) is 0.194. The predicted octanol–water partition coefficient (Wildman–Crippen LogP) is 6.62. The Kier molecular flexibility index (Phi) is 15.4. The van der Waals surface area contributed by atoms with Crippen molar-refractivity contribution >= 4 is 0 Å². The summed E-state index contributed by atoms with van der Waals surface area (Å²) in [4.78, 5) is 0. The van der Waals surface area contributed by atoms with Crippen molar-refractivity contribution in [2.45, 2.75) is 97.8 Å². The summed E-state index contributed by atoms with van der Waals surface area (Å²) in [7, 11) is 3.58. The van der Waals surface area contributed by atoms with E-state index < -0.39 is 0 Å². The van der Waals surface area contributed by atoms with Crippen LogP contribution in [0.4, 0.5) is 0 Å². The Morgan fingerprint density at radius 2 is 1.04 bits per heavy atom. The Morgan fingerprint density at radius 1 is 0.652 bits per heavy atom. The average molecular weight is 329 g/mol. The van der Waals surface area contributed by atoms with Gasteiger partial charge in [0.1, 0.15) is 0 Å². The van der Waals surface area contributed by atoms with E-state index in [9.17, 15) is 0 Å². The molecule has 140 valence electrons. The van der Waals surface area contributed by atoms with E-state index in [-0.39, 0.29) is 5.41 Å². The maximum atomic E-state index is 5.34. The predicted molar refractivity (Wildman–Crippen MR) is 102 cm³/mol. The van der Waals surface area contributed by atoms with Gasteiger partial charge in [-0.3, -0.25) is 0 Å². The molecule has 23 heavy (non-hydrogen) atoms. The highest BCUT2D eigenvalue weighted by atomic mass is 16.5. The lowest BCUT2D eigenvalue weighted by molar-refractivity contribution is 0.0151. The Balaban J connectivity index is 3.35. The van der Waals surface area contributed by atoms with Crippen LogP contribution < -0.4 is 0 Å². The molecule has 0 aliphatic rings. The fourth-order valence-electron chi connectivity index (χ4n) is 3.40. The summed E-state index contributed by atoms with van der Waals surface area (Å²) < 4.78 is 10.7. The Morgan fingerprint density at radius 3 is 1.43 bits per heavy atom. The van der Waals surface area contributed by atoms with Crippen molar-refractivity contribution in [1.82, 2.24) is 0 Å². The fourth-order valence-corrected chi connectivity index (χ4v) is 3.40. The molecule has 0 atom stereocenters. The highest BCUT2D eigenvalue weighted by Gasteiger charge is 2.23. The van der Waals surface area contributed by atoms with Gasteiger partial charge in [0.15, 0.2) is 0 Å². The van der Waals surface area contributed by atoms with Gasteiger partial charge in [-0.2, -0.15) is 0 Å². The van der Waals surface area contributed by atoms with Crippen molar-refractivity contribution in [2.75, 3.05) is 27.4 Å². The van der Waals surface area contributed by atoms with E-state index in [2.05, 4.69) is 20.8 Å². The zero-order valence-electron chi connectivity index (χ0n) is 16.8. The molecule has 0 saturated heterocycles. The van der Waals surface area contributed by atoms with Crippen molar-refractivity contribution in [3.05, 3.63) is 0 Å². The van der Waals surface area contributed by atoms with Crippen molar-refractivity contribution in [1.29, 1.82) is 0 Å². The molecule has 2 heteroatoms. The van der Waals surface area contributed by atoms with Crippen molar-refractivity contribution in [2.24, 2.45) is 11.3 Å². The first-order chi connectivity index (χ1) is 11.0. The number of rotatable bonds is 17. The van der Waals surface area contributed by atoms with Crippen LogP contribution >= 0.6 is 0 Å². The van der Waals surface area contributed by atoms with E-state index in [4.69, 9.17) is 9.47 Å². The first-order valence-electron chi connectivity index (χ1n) is 10.0. The van der Waals surface area contributed by atoms with Gasteiger partial charge in [0.05, 0.1) is 13.2 Å². The molecule has 0 amide bonds. The van der Waals surface area contributed by atoms with Gasteiger partial charge in [0.2, 0.25) is 0 Å². The van der Waals surface area contributed by atoms with Crippen LogP contribution in [0.3, 0.4) is 0 Å². The molecule has 0 fully saturated rings. The second kappa shape index (κ2) is 15.4. The first kappa shape index (κ1) is 22.9. The maximum absolute atomic E-state index is 5.34. The summed E-state index contributed by atoms with van der Waals surface area (Å²) in [6, 6.07) is 0. The van der Waals surface area contributed by atoms with Crippen molar-refractivity contribution in [3.63, 3.8) is 0 Å². The molecule has 0 radical (unpaired) electrons. The van der Waals surface area contributed by atoms with E-state index in [1.54, 1.807) is 14.2 Å². The first-order valence-corrected chi connectivity index (χ1v) is 10.0. The lowest BCUT2D eigenvalue weighted by Crippen LogP contribution is -2.28. The molecule has 0 saturated carbocycles. The topological polar surface area (TPSA) is 18.5 Å². The second-order valence-electron chi connectivity index (χ2n) is 8.14. The number of ether oxygens (including phenoxy) is 2. The zero-order chi connectivity index (χ0) is 17.4. The Bertz CT molecular complexity index is 232. The number of hydrogen-bond acceptors (Lipinski definition) is 2. The van der Waals surface area contributed by atoms with Crippen LogP contribution in [-0.4, -0.2) is 27.4 Å². The van der Waals surface area contributed by atoms with Gasteiger partial charge in [-0.15, -0.1) is 0 Å². The molecule has 0 aliphatic heterocycles. The van der Waals surface area contributed by atoms with E-state index >= 15 is 0 Å². The van der Waals surface area contributed by atoms with Crippen LogP contribution in [0.15, 0.2) is 0 Å². The lowest BCUT2D eigenvalue weighted by Gasteiger charge is -2.27. The largest absolute Gasteiger partial charge is 0.384 e. The molecular formula is C21H44O2. The van der Waals surface area contributed by atoms with Crippen LogP contribution in [0, 0.1) is 11.3 Å². The number of hydrogen-bond donors (Lipinski definition) is 0. The maximum Gasteiger partial charge on any atom is 0.0538 e. The molecule has 0 spiro atoms.